The average Bonchev–Trinajstić information content (AvgIpc) is 2.87. The smallest absolute Gasteiger partial charge is 0.242 e. The molecule has 0 heterocycles. The molecule has 8 heteroatoms. The molecule has 1 fully saturated rings. The largest absolute Gasteiger partial charge is 0.352 e. The van der Waals surface area contributed by atoms with E-state index >= 15 is 0 Å². The van der Waals surface area contributed by atoms with Crippen LogP contribution in [-0.2, 0) is 26.2 Å². The molecule has 0 aliphatic heterocycles. The summed E-state index contributed by atoms with van der Waals surface area (Å²) in [6.45, 7) is 6.15. The van der Waals surface area contributed by atoms with Gasteiger partial charge in [-0.15, -0.1) is 0 Å². The minimum atomic E-state index is -3.53. The molecule has 1 N–H and O–H groups in total. The fourth-order valence-electron chi connectivity index (χ4n) is 4.92. The van der Waals surface area contributed by atoms with Crippen molar-refractivity contribution in [3.8, 4) is 0 Å². The number of anilines is 1. The zero-order chi connectivity index (χ0) is 27.0. The van der Waals surface area contributed by atoms with Gasteiger partial charge in [-0.2, -0.15) is 0 Å². The highest BCUT2D eigenvalue weighted by atomic mass is 32.2. The van der Waals surface area contributed by atoms with Gasteiger partial charge in [0.15, 0.2) is 0 Å². The first-order chi connectivity index (χ1) is 17.6. The third kappa shape index (κ3) is 8.06. The van der Waals surface area contributed by atoms with E-state index in [0.29, 0.717) is 18.7 Å². The van der Waals surface area contributed by atoms with Gasteiger partial charge in [-0.3, -0.25) is 13.9 Å². The molecular formula is C29H41N3O4S. The highest BCUT2D eigenvalue weighted by Gasteiger charge is 2.28. The van der Waals surface area contributed by atoms with Gasteiger partial charge < -0.3 is 10.2 Å². The number of rotatable bonds is 11. The van der Waals surface area contributed by atoms with Crippen molar-refractivity contribution in [1.29, 1.82) is 0 Å². The van der Waals surface area contributed by atoms with Crippen LogP contribution in [0.15, 0.2) is 48.5 Å². The maximum absolute atomic E-state index is 13.5. The van der Waals surface area contributed by atoms with Crippen LogP contribution in [-0.4, -0.2) is 50.0 Å². The first-order valence-electron chi connectivity index (χ1n) is 13.3. The van der Waals surface area contributed by atoms with Gasteiger partial charge in [-0.1, -0.05) is 61.7 Å². The molecule has 0 aromatic heterocycles. The predicted molar refractivity (Wildman–Crippen MR) is 149 cm³/mol. The molecule has 37 heavy (non-hydrogen) atoms. The second-order valence-corrected chi connectivity index (χ2v) is 12.1. The minimum absolute atomic E-state index is 0.135. The zero-order valence-corrected chi connectivity index (χ0v) is 23.4. The fourth-order valence-corrected chi connectivity index (χ4v) is 5.94. The topological polar surface area (TPSA) is 86.8 Å². The summed E-state index contributed by atoms with van der Waals surface area (Å²) in [6.07, 6.45) is 7.07. The van der Waals surface area contributed by atoms with Crippen LogP contribution in [0.4, 0.5) is 5.69 Å². The van der Waals surface area contributed by atoms with Crippen molar-refractivity contribution in [2.24, 2.45) is 0 Å². The van der Waals surface area contributed by atoms with E-state index in [1.807, 2.05) is 56.3 Å². The van der Waals surface area contributed by atoms with Crippen molar-refractivity contribution in [3.05, 3.63) is 65.2 Å². The van der Waals surface area contributed by atoms with E-state index in [1.165, 1.54) is 17.0 Å². The molecule has 0 unspecified atom stereocenters. The molecule has 7 nitrogen and oxygen atoms in total. The minimum Gasteiger partial charge on any atom is -0.352 e. The monoisotopic (exact) mass is 527 g/mol. The van der Waals surface area contributed by atoms with Gasteiger partial charge >= 0.3 is 0 Å². The number of nitrogens with one attached hydrogen (secondary N) is 1. The Kier molecular flexibility index (Phi) is 10.1. The van der Waals surface area contributed by atoms with Crippen LogP contribution in [0.5, 0.6) is 0 Å². The molecule has 0 bridgehead atoms. The van der Waals surface area contributed by atoms with Gasteiger partial charge in [0, 0.05) is 25.6 Å². The molecule has 1 aliphatic carbocycles. The number of aryl methyl sites for hydroxylation is 1. The number of sulfonamides is 1. The third-order valence-corrected chi connectivity index (χ3v) is 8.49. The molecular weight excluding hydrogens is 486 g/mol. The van der Waals surface area contributed by atoms with Crippen LogP contribution in [0.3, 0.4) is 0 Å². The molecule has 2 aromatic carbocycles. The lowest BCUT2D eigenvalue weighted by molar-refractivity contribution is -0.141. The van der Waals surface area contributed by atoms with Crippen LogP contribution in [0, 0.1) is 13.8 Å². The summed E-state index contributed by atoms with van der Waals surface area (Å²) in [5.74, 6) is -0.297. The maximum Gasteiger partial charge on any atom is 0.242 e. The summed E-state index contributed by atoms with van der Waals surface area (Å²) in [5, 5.41) is 3.15. The molecule has 1 aliphatic rings. The Morgan fingerprint density at radius 1 is 1.00 bits per heavy atom. The van der Waals surface area contributed by atoms with Gasteiger partial charge in [-0.25, -0.2) is 8.42 Å². The molecule has 0 saturated heterocycles. The molecule has 1 atom stereocenters. The summed E-state index contributed by atoms with van der Waals surface area (Å²) in [5.41, 5.74) is 3.49. The lowest BCUT2D eigenvalue weighted by Crippen LogP contribution is -2.50. The van der Waals surface area contributed by atoms with Crippen molar-refractivity contribution >= 4 is 27.5 Å². The Balaban J connectivity index is 1.71. The van der Waals surface area contributed by atoms with Crippen LogP contribution in [0.25, 0.3) is 0 Å². The summed E-state index contributed by atoms with van der Waals surface area (Å²) < 4.78 is 26.6. The lowest BCUT2D eigenvalue weighted by Gasteiger charge is -2.31. The highest BCUT2D eigenvalue weighted by molar-refractivity contribution is 7.92. The predicted octanol–water partition coefficient (Wildman–Crippen LogP) is 4.72. The Morgan fingerprint density at radius 2 is 1.68 bits per heavy atom. The fraction of sp³-hybridized carbons (Fsp3) is 0.517. The van der Waals surface area contributed by atoms with Gasteiger partial charge in [0.1, 0.15) is 6.04 Å². The van der Waals surface area contributed by atoms with Crippen molar-refractivity contribution in [2.75, 3.05) is 17.1 Å². The number of nitrogens with zero attached hydrogens (tertiary/aromatic N) is 2. The van der Waals surface area contributed by atoms with Crippen LogP contribution >= 0.6 is 0 Å². The number of hydrogen-bond acceptors (Lipinski definition) is 4. The van der Waals surface area contributed by atoms with Crippen molar-refractivity contribution in [1.82, 2.24) is 10.2 Å². The highest BCUT2D eigenvalue weighted by Crippen LogP contribution is 2.25. The number of benzene rings is 2. The summed E-state index contributed by atoms with van der Waals surface area (Å²) >= 11 is 0. The molecule has 1 saturated carbocycles. The van der Waals surface area contributed by atoms with E-state index in [1.54, 1.807) is 17.9 Å². The average molecular weight is 528 g/mol. The number of carbonyl (C=O) groups excluding carboxylic acids is 2. The van der Waals surface area contributed by atoms with Gasteiger partial charge in [0.2, 0.25) is 21.8 Å². The molecule has 202 valence electrons. The molecule has 2 aromatic rings. The van der Waals surface area contributed by atoms with E-state index in [9.17, 15) is 18.0 Å². The first-order valence-corrected chi connectivity index (χ1v) is 15.1. The zero-order valence-electron chi connectivity index (χ0n) is 22.6. The second-order valence-electron chi connectivity index (χ2n) is 10.2. The van der Waals surface area contributed by atoms with Crippen LogP contribution < -0.4 is 9.62 Å². The molecule has 0 spiro atoms. The molecule has 3 rings (SSSR count). The van der Waals surface area contributed by atoms with Crippen molar-refractivity contribution < 1.29 is 18.0 Å². The Labute approximate surface area is 222 Å². The first kappa shape index (κ1) is 28.7. The SMILES string of the molecule is Cc1cccc(N(CCCC(=O)N(Cc2ccccc2)[C@H](C)C(=O)NC2CCCCC2)S(C)(=O)=O)c1C. The summed E-state index contributed by atoms with van der Waals surface area (Å²) in [4.78, 5) is 28.2. The quantitative estimate of drug-likeness (QED) is 0.458. The summed E-state index contributed by atoms with van der Waals surface area (Å²) in [7, 11) is -3.53. The normalized spacial score (nSPS) is 15.1. The van der Waals surface area contributed by atoms with E-state index in [4.69, 9.17) is 0 Å². The number of carbonyl (C=O) groups is 2. The van der Waals surface area contributed by atoms with E-state index in [0.717, 1.165) is 42.4 Å². The number of amides is 2. The third-order valence-electron chi connectivity index (χ3n) is 7.31. The Morgan fingerprint density at radius 3 is 2.32 bits per heavy atom. The Hall–Kier alpha value is -2.87. The van der Waals surface area contributed by atoms with E-state index in [-0.39, 0.29) is 30.8 Å². The van der Waals surface area contributed by atoms with Crippen LogP contribution in [0.1, 0.15) is 68.6 Å². The van der Waals surface area contributed by atoms with E-state index < -0.39 is 16.1 Å². The summed E-state index contributed by atoms with van der Waals surface area (Å²) in [6, 6.07) is 14.8. The van der Waals surface area contributed by atoms with E-state index in [2.05, 4.69) is 5.32 Å². The molecule has 2 amide bonds. The van der Waals surface area contributed by atoms with Gasteiger partial charge in [0.05, 0.1) is 11.9 Å². The Bertz CT molecular complexity index is 1160. The lowest BCUT2D eigenvalue weighted by atomic mass is 9.95. The van der Waals surface area contributed by atoms with Gasteiger partial charge in [0.25, 0.3) is 0 Å². The number of hydrogen-bond donors (Lipinski definition) is 1. The van der Waals surface area contributed by atoms with Crippen molar-refractivity contribution in [3.63, 3.8) is 0 Å². The second kappa shape index (κ2) is 13.1. The standard InChI is InChI=1S/C29H41N3O4S/c1-22-13-11-18-27(23(22)2)32(37(4,35)36)20-12-19-28(33)31(21-25-14-7-5-8-15-25)24(3)29(34)30-26-16-9-6-10-17-26/h5,7-8,11,13-15,18,24,26H,6,9-10,12,16-17,19-21H2,1-4H3,(H,30,34)/t24-/m1/s1. The van der Waals surface area contributed by atoms with Crippen molar-refractivity contribution in [2.45, 2.75) is 84.3 Å². The maximum atomic E-state index is 13.5. The van der Waals surface area contributed by atoms with Gasteiger partial charge in [-0.05, 0) is 62.8 Å². The van der Waals surface area contributed by atoms with Crippen LogP contribution in [0.2, 0.25) is 0 Å². The molecule has 0 radical (unpaired) electrons.